The van der Waals surface area contributed by atoms with Gasteiger partial charge in [0.1, 0.15) is 0 Å². The highest BCUT2D eigenvalue weighted by Crippen LogP contribution is 2.33. The van der Waals surface area contributed by atoms with Gasteiger partial charge in [0.15, 0.2) is 0 Å². The van der Waals surface area contributed by atoms with Crippen molar-refractivity contribution in [2.24, 2.45) is 5.92 Å². The van der Waals surface area contributed by atoms with Crippen LogP contribution in [0.25, 0.3) is 0 Å². The van der Waals surface area contributed by atoms with Gasteiger partial charge in [-0.2, -0.15) is 0 Å². The van der Waals surface area contributed by atoms with E-state index >= 15 is 0 Å². The van der Waals surface area contributed by atoms with Gasteiger partial charge in [-0.25, -0.2) is 0 Å². The summed E-state index contributed by atoms with van der Waals surface area (Å²) in [5, 5.41) is 3.51. The van der Waals surface area contributed by atoms with Crippen LogP contribution in [0.5, 0.6) is 0 Å². The third kappa shape index (κ3) is 2.94. The number of nitrogens with one attached hydrogen (secondary N) is 1. The maximum atomic E-state index is 3.51. The minimum absolute atomic E-state index is 0.755. The van der Waals surface area contributed by atoms with E-state index in [9.17, 15) is 0 Å². The molecule has 1 unspecified atom stereocenters. The van der Waals surface area contributed by atoms with Gasteiger partial charge in [0.2, 0.25) is 0 Å². The van der Waals surface area contributed by atoms with Crippen molar-refractivity contribution in [3.8, 4) is 0 Å². The van der Waals surface area contributed by atoms with E-state index in [2.05, 4.69) is 24.2 Å². The number of nitrogens with zero attached hydrogens (tertiary/aromatic N) is 1. The summed E-state index contributed by atoms with van der Waals surface area (Å²) < 4.78 is 0. The van der Waals surface area contributed by atoms with Crippen LogP contribution in [0.3, 0.4) is 0 Å². The van der Waals surface area contributed by atoms with Crippen LogP contribution in [-0.2, 0) is 0 Å². The molecule has 0 amide bonds. The third-order valence-corrected chi connectivity index (χ3v) is 4.24. The summed E-state index contributed by atoms with van der Waals surface area (Å²) in [6.07, 6.45) is 8.69. The summed E-state index contributed by atoms with van der Waals surface area (Å²) in [7, 11) is 2.13. The first kappa shape index (κ1) is 11.4. The topological polar surface area (TPSA) is 15.3 Å². The van der Waals surface area contributed by atoms with E-state index in [1.165, 1.54) is 51.6 Å². The van der Waals surface area contributed by atoms with Crippen LogP contribution in [-0.4, -0.2) is 37.1 Å². The zero-order valence-electron chi connectivity index (χ0n) is 10.3. The zero-order chi connectivity index (χ0) is 10.7. The Hall–Kier alpha value is -0.0800. The van der Waals surface area contributed by atoms with Crippen molar-refractivity contribution in [1.82, 2.24) is 10.2 Å². The molecule has 0 bridgehead atoms. The van der Waals surface area contributed by atoms with E-state index in [1.807, 2.05) is 0 Å². The highest BCUT2D eigenvalue weighted by Gasteiger charge is 2.32. The molecule has 0 heterocycles. The van der Waals surface area contributed by atoms with Gasteiger partial charge in [0.25, 0.3) is 0 Å². The molecule has 0 radical (unpaired) electrons. The van der Waals surface area contributed by atoms with Crippen LogP contribution in [0, 0.1) is 5.92 Å². The highest BCUT2D eigenvalue weighted by molar-refractivity contribution is 4.89. The first-order chi connectivity index (χ1) is 7.35. The van der Waals surface area contributed by atoms with E-state index in [0.29, 0.717) is 0 Å². The molecular weight excluding hydrogens is 184 g/mol. The second-order valence-electron chi connectivity index (χ2n) is 5.26. The Bertz CT molecular complexity index is 183. The lowest BCUT2D eigenvalue weighted by molar-refractivity contribution is 0.182. The summed E-state index contributed by atoms with van der Waals surface area (Å²) in [5.41, 5.74) is 0. The Balaban J connectivity index is 1.82. The maximum Gasteiger partial charge on any atom is 0.0220 e. The lowest BCUT2D eigenvalue weighted by Gasteiger charge is -2.31. The largest absolute Gasteiger partial charge is 0.315 e. The van der Waals surface area contributed by atoms with Crippen molar-refractivity contribution < 1.29 is 0 Å². The minimum Gasteiger partial charge on any atom is -0.315 e. The molecule has 1 N–H and O–H groups in total. The van der Waals surface area contributed by atoms with E-state index in [-0.39, 0.29) is 0 Å². The first-order valence-electron chi connectivity index (χ1n) is 6.76. The number of hydrogen-bond acceptors (Lipinski definition) is 2. The van der Waals surface area contributed by atoms with E-state index in [4.69, 9.17) is 0 Å². The van der Waals surface area contributed by atoms with Crippen LogP contribution in [0.2, 0.25) is 0 Å². The van der Waals surface area contributed by atoms with Gasteiger partial charge in [-0.3, -0.25) is 4.90 Å². The molecule has 0 saturated heterocycles. The summed E-state index contributed by atoms with van der Waals surface area (Å²) in [6.45, 7) is 4.83. The van der Waals surface area contributed by atoms with Gasteiger partial charge < -0.3 is 5.32 Å². The summed E-state index contributed by atoms with van der Waals surface area (Å²) in [5.74, 6) is 0.977. The molecule has 0 aromatic rings. The highest BCUT2D eigenvalue weighted by atomic mass is 15.2. The standard InChI is InChI=1S/C13H26N2/c1-3-15(12-6-4-5-7-12)10-13(14-2)11-8-9-11/h11-14H,3-10H2,1-2H3. The third-order valence-electron chi connectivity index (χ3n) is 4.24. The molecule has 2 saturated carbocycles. The van der Waals surface area contributed by atoms with Crippen molar-refractivity contribution in [3.05, 3.63) is 0 Å². The molecule has 0 aromatic carbocycles. The average molecular weight is 210 g/mol. The van der Waals surface area contributed by atoms with E-state index < -0.39 is 0 Å². The fourth-order valence-electron chi connectivity index (χ4n) is 3.03. The monoisotopic (exact) mass is 210 g/mol. The molecule has 1 atom stereocenters. The van der Waals surface area contributed by atoms with Crippen LogP contribution in [0.15, 0.2) is 0 Å². The van der Waals surface area contributed by atoms with E-state index in [1.54, 1.807) is 0 Å². The van der Waals surface area contributed by atoms with Crippen LogP contribution >= 0.6 is 0 Å². The van der Waals surface area contributed by atoms with Crippen LogP contribution in [0.1, 0.15) is 45.4 Å². The van der Waals surface area contributed by atoms with Gasteiger partial charge in [0, 0.05) is 18.6 Å². The number of rotatable bonds is 6. The normalized spacial score (nSPS) is 25.0. The number of likely N-dealkylation sites (N-methyl/N-ethyl adjacent to an activating group) is 2. The molecule has 2 aliphatic carbocycles. The second kappa shape index (κ2) is 5.31. The van der Waals surface area contributed by atoms with Crippen molar-refractivity contribution >= 4 is 0 Å². The fraction of sp³-hybridized carbons (Fsp3) is 1.00. The Morgan fingerprint density at radius 2 is 1.87 bits per heavy atom. The Kier molecular flexibility index (Phi) is 4.04. The Labute approximate surface area is 94.4 Å². The Morgan fingerprint density at radius 1 is 1.20 bits per heavy atom. The molecule has 0 aromatic heterocycles. The van der Waals surface area contributed by atoms with Crippen molar-refractivity contribution in [2.75, 3.05) is 20.1 Å². The number of hydrogen-bond donors (Lipinski definition) is 1. The molecule has 0 aliphatic heterocycles. The molecular formula is C13H26N2. The van der Waals surface area contributed by atoms with Crippen molar-refractivity contribution in [3.63, 3.8) is 0 Å². The lowest BCUT2D eigenvalue weighted by Crippen LogP contribution is -2.44. The van der Waals surface area contributed by atoms with Crippen molar-refractivity contribution in [1.29, 1.82) is 0 Å². The molecule has 2 heteroatoms. The SMILES string of the molecule is CCN(CC(NC)C1CC1)C1CCCC1. The second-order valence-corrected chi connectivity index (χ2v) is 5.26. The molecule has 2 fully saturated rings. The maximum absolute atomic E-state index is 3.51. The quantitative estimate of drug-likeness (QED) is 0.723. The predicted molar refractivity (Wildman–Crippen MR) is 65.1 cm³/mol. The van der Waals surface area contributed by atoms with Gasteiger partial charge in [0.05, 0.1) is 0 Å². The summed E-state index contributed by atoms with van der Waals surface area (Å²) >= 11 is 0. The molecule has 88 valence electrons. The Morgan fingerprint density at radius 3 is 2.33 bits per heavy atom. The lowest BCUT2D eigenvalue weighted by atomic mass is 10.1. The molecule has 0 spiro atoms. The molecule has 2 rings (SSSR count). The first-order valence-corrected chi connectivity index (χ1v) is 6.76. The zero-order valence-corrected chi connectivity index (χ0v) is 10.3. The molecule has 15 heavy (non-hydrogen) atoms. The minimum atomic E-state index is 0.755. The summed E-state index contributed by atoms with van der Waals surface area (Å²) in [6, 6.07) is 1.65. The van der Waals surface area contributed by atoms with Gasteiger partial charge in [-0.05, 0) is 45.2 Å². The summed E-state index contributed by atoms with van der Waals surface area (Å²) in [4.78, 5) is 2.71. The molecule has 2 aliphatic rings. The van der Waals surface area contributed by atoms with Crippen LogP contribution < -0.4 is 5.32 Å². The predicted octanol–water partition coefficient (Wildman–Crippen LogP) is 2.25. The smallest absolute Gasteiger partial charge is 0.0220 e. The van der Waals surface area contributed by atoms with Gasteiger partial charge in [-0.15, -0.1) is 0 Å². The van der Waals surface area contributed by atoms with E-state index in [0.717, 1.165) is 18.0 Å². The fourth-order valence-corrected chi connectivity index (χ4v) is 3.03. The van der Waals surface area contributed by atoms with Gasteiger partial charge in [-0.1, -0.05) is 19.8 Å². The average Bonchev–Trinajstić information content (AvgIpc) is 2.95. The molecule has 2 nitrogen and oxygen atoms in total. The van der Waals surface area contributed by atoms with Gasteiger partial charge >= 0.3 is 0 Å². The van der Waals surface area contributed by atoms with Crippen LogP contribution in [0.4, 0.5) is 0 Å². The van der Waals surface area contributed by atoms with Crippen molar-refractivity contribution in [2.45, 2.75) is 57.5 Å².